The smallest absolute Gasteiger partial charge is 0.251 e. The third kappa shape index (κ3) is 4.18. The van der Waals surface area contributed by atoms with E-state index in [9.17, 15) is 8.78 Å². The molecule has 1 N–H and O–H groups in total. The van der Waals surface area contributed by atoms with Gasteiger partial charge in [-0.2, -0.15) is 0 Å². The van der Waals surface area contributed by atoms with E-state index in [0.717, 1.165) is 13.0 Å². The lowest BCUT2D eigenvalue weighted by atomic mass is 9.68. The predicted octanol–water partition coefficient (Wildman–Crippen LogP) is 2.60. The fourth-order valence-corrected chi connectivity index (χ4v) is 3.31. The van der Waals surface area contributed by atoms with Gasteiger partial charge < -0.3 is 10.2 Å². The summed E-state index contributed by atoms with van der Waals surface area (Å²) in [6.07, 6.45) is 1.33. The Bertz CT molecular complexity index is 231. The summed E-state index contributed by atoms with van der Waals surface area (Å²) in [7, 11) is 3.78. The van der Waals surface area contributed by atoms with Crippen LogP contribution in [0.4, 0.5) is 8.78 Å². The summed E-state index contributed by atoms with van der Waals surface area (Å²) in [6.45, 7) is 5.19. The van der Waals surface area contributed by atoms with Gasteiger partial charge in [-0.05, 0) is 38.3 Å². The second-order valence-corrected chi connectivity index (χ2v) is 6.02. The summed E-state index contributed by atoms with van der Waals surface area (Å²) in [5.74, 6) is 0.479. The molecule has 1 aliphatic rings. The number of rotatable bonds is 5. The van der Waals surface area contributed by atoms with Gasteiger partial charge in [0.25, 0.3) is 6.43 Å². The first-order valence-electron chi connectivity index (χ1n) is 6.51. The van der Waals surface area contributed by atoms with Gasteiger partial charge in [-0.25, -0.2) is 8.78 Å². The van der Waals surface area contributed by atoms with Crippen molar-refractivity contribution in [3.63, 3.8) is 0 Å². The molecule has 0 radical (unpaired) electrons. The van der Waals surface area contributed by atoms with Crippen molar-refractivity contribution in [2.45, 2.75) is 45.6 Å². The molecule has 2 unspecified atom stereocenters. The van der Waals surface area contributed by atoms with Crippen LogP contribution in [0.1, 0.15) is 33.1 Å². The standard InChI is InChI=1S/C13H26F2N2/c1-13(2)7-5-6-10(12(13)16-3)8-17(4)9-11(14)15/h10-12,16H,5-9H2,1-4H3. The summed E-state index contributed by atoms with van der Waals surface area (Å²) in [4.78, 5) is 1.76. The molecule has 0 spiro atoms. The average Bonchev–Trinajstić information content (AvgIpc) is 2.14. The van der Waals surface area contributed by atoms with Crippen molar-refractivity contribution in [2.24, 2.45) is 11.3 Å². The Morgan fingerprint density at radius 1 is 1.41 bits per heavy atom. The molecule has 17 heavy (non-hydrogen) atoms. The molecule has 1 saturated carbocycles. The lowest BCUT2D eigenvalue weighted by Crippen LogP contribution is -2.51. The lowest BCUT2D eigenvalue weighted by Gasteiger charge is -2.45. The van der Waals surface area contributed by atoms with Gasteiger partial charge in [0.05, 0.1) is 6.54 Å². The molecule has 0 amide bonds. The second kappa shape index (κ2) is 6.10. The number of nitrogens with zero attached hydrogens (tertiary/aromatic N) is 1. The maximum atomic E-state index is 12.3. The largest absolute Gasteiger partial charge is 0.316 e. The Hall–Kier alpha value is -0.220. The topological polar surface area (TPSA) is 15.3 Å². The highest BCUT2D eigenvalue weighted by Gasteiger charge is 2.38. The molecule has 0 aromatic carbocycles. The Labute approximate surface area is 104 Å². The normalized spacial score (nSPS) is 28.9. The first-order valence-corrected chi connectivity index (χ1v) is 6.51. The molecule has 2 atom stereocenters. The second-order valence-electron chi connectivity index (χ2n) is 6.02. The Kier molecular flexibility index (Phi) is 5.32. The van der Waals surface area contributed by atoms with Gasteiger partial charge in [-0.15, -0.1) is 0 Å². The molecule has 1 rings (SSSR count). The summed E-state index contributed by atoms with van der Waals surface area (Å²) in [5, 5.41) is 3.39. The molecule has 1 fully saturated rings. The van der Waals surface area contributed by atoms with Gasteiger partial charge in [0.2, 0.25) is 0 Å². The van der Waals surface area contributed by atoms with E-state index in [4.69, 9.17) is 0 Å². The SMILES string of the molecule is CNC1C(CN(C)CC(F)F)CCCC1(C)C. The van der Waals surface area contributed by atoms with E-state index in [1.54, 1.807) is 11.9 Å². The minimum Gasteiger partial charge on any atom is -0.316 e. The van der Waals surface area contributed by atoms with Crippen LogP contribution in [0.5, 0.6) is 0 Å². The minimum atomic E-state index is -2.23. The monoisotopic (exact) mass is 248 g/mol. The first kappa shape index (κ1) is 14.8. The first-order chi connectivity index (χ1) is 7.86. The van der Waals surface area contributed by atoms with E-state index in [2.05, 4.69) is 19.2 Å². The molecule has 102 valence electrons. The third-order valence-corrected chi connectivity index (χ3v) is 4.02. The van der Waals surface area contributed by atoms with Crippen LogP contribution in [-0.2, 0) is 0 Å². The van der Waals surface area contributed by atoms with Gasteiger partial charge in [-0.1, -0.05) is 20.3 Å². The highest BCUT2D eigenvalue weighted by molar-refractivity contribution is 4.93. The van der Waals surface area contributed by atoms with Crippen molar-refractivity contribution < 1.29 is 8.78 Å². The fourth-order valence-electron chi connectivity index (χ4n) is 3.31. The van der Waals surface area contributed by atoms with Crippen molar-refractivity contribution in [3.05, 3.63) is 0 Å². The van der Waals surface area contributed by atoms with Gasteiger partial charge >= 0.3 is 0 Å². The van der Waals surface area contributed by atoms with Crippen molar-refractivity contribution in [3.8, 4) is 0 Å². The summed E-state index contributed by atoms with van der Waals surface area (Å²) in [6, 6.07) is 0.427. The van der Waals surface area contributed by atoms with E-state index < -0.39 is 6.43 Å². The number of hydrogen-bond donors (Lipinski definition) is 1. The van der Waals surface area contributed by atoms with Gasteiger partial charge in [-0.3, -0.25) is 0 Å². The Morgan fingerprint density at radius 3 is 2.59 bits per heavy atom. The molecule has 4 heteroatoms. The van der Waals surface area contributed by atoms with Gasteiger partial charge in [0.15, 0.2) is 0 Å². The van der Waals surface area contributed by atoms with Crippen LogP contribution in [0, 0.1) is 11.3 Å². The van der Waals surface area contributed by atoms with E-state index in [1.807, 2.05) is 7.05 Å². The molecule has 0 saturated heterocycles. The highest BCUT2D eigenvalue weighted by atomic mass is 19.3. The van der Waals surface area contributed by atoms with Crippen LogP contribution in [-0.4, -0.2) is 44.6 Å². The van der Waals surface area contributed by atoms with E-state index in [0.29, 0.717) is 12.0 Å². The van der Waals surface area contributed by atoms with Gasteiger partial charge in [0, 0.05) is 12.6 Å². The number of halogens is 2. The Balaban J connectivity index is 2.56. The highest BCUT2D eigenvalue weighted by Crippen LogP contribution is 2.39. The molecule has 0 heterocycles. The van der Waals surface area contributed by atoms with Crippen LogP contribution in [0.2, 0.25) is 0 Å². The fraction of sp³-hybridized carbons (Fsp3) is 1.00. The van der Waals surface area contributed by atoms with E-state index in [1.165, 1.54) is 12.8 Å². The zero-order valence-electron chi connectivity index (χ0n) is 11.5. The van der Waals surface area contributed by atoms with Crippen molar-refractivity contribution in [2.75, 3.05) is 27.2 Å². The lowest BCUT2D eigenvalue weighted by molar-refractivity contribution is 0.0593. The summed E-state index contributed by atoms with van der Waals surface area (Å²) >= 11 is 0. The van der Waals surface area contributed by atoms with Crippen LogP contribution >= 0.6 is 0 Å². The number of alkyl halides is 2. The molecule has 0 aliphatic heterocycles. The summed E-state index contributed by atoms with van der Waals surface area (Å²) < 4.78 is 24.6. The molecular formula is C13H26F2N2. The quantitative estimate of drug-likeness (QED) is 0.804. The van der Waals surface area contributed by atoms with E-state index in [-0.39, 0.29) is 12.0 Å². The van der Waals surface area contributed by atoms with Crippen molar-refractivity contribution in [1.82, 2.24) is 10.2 Å². The number of hydrogen-bond acceptors (Lipinski definition) is 2. The predicted molar refractivity (Wildman–Crippen MR) is 67.5 cm³/mol. The molecule has 0 bridgehead atoms. The van der Waals surface area contributed by atoms with Crippen LogP contribution in [0.15, 0.2) is 0 Å². The van der Waals surface area contributed by atoms with Crippen LogP contribution in [0.25, 0.3) is 0 Å². The molecule has 0 aromatic heterocycles. The third-order valence-electron chi connectivity index (χ3n) is 4.02. The molecular weight excluding hydrogens is 222 g/mol. The summed E-state index contributed by atoms with van der Waals surface area (Å²) in [5.41, 5.74) is 0.267. The van der Waals surface area contributed by atoms with Crippen LogP contribution < -0.4 is 5.32 Å². The molecule has 2 nitrogen and oxygen atoms in total. The van der Waals surface area contributed by atoms with Crippen molar-refractivity contribution >= 4 is 0 Å². The maximum Gasteiger partial charge on any atom is 0.251 e. The molecule has 1 aliphatic carbocycles. The maximum absolute atomic E-state index is 12.3. The Morgan fingerprint density at radius 2 is 2.06 bits per heavy atom. The minimum absolute atomic E-state index is 0.118. The average molecular weight is 248 g/mol. The van der Waals surface area contributed by atoms with Crippen molar-refractivity contribution in [1.29, 1.82) is 0 Å². The van der Waals surface area contributed by atoms with Gasteiger partial charge in [0.1, 0.15) is 0 Å². The van der Waals surface area contributed by atoms with Crippen LogP contribution in [0.3, 0.4) is 0 Å². The number of nitrogens with one attached hydrogen (secondary N) is 1. The molecule has 0 aromatic rings. The van der Waals surface area contributed by atoms with E-state index >= 15 is 0 Å². The zero-order chi connectivity index (χ0) is 13.1. The zero-order valence-corrected chi connectivity index (χ0v) is 11.5.